The summed E-state index contributed by atoms with van der Waals surface area (Å²) in [6.45, 7) is 0. The van der Waals surface area contributed by atoms with E-state index in [1.54, 1.807) is 7.05 Å². The number of halogens is 4. The number of hydrogen-bond acceptors (Lipinski definition) is 6. The quantitative estimate of drug-likeness (QED) is 0.932. The van der Waals surface area contributed by atoms with E-state index in [-0.39, 0.29) is 28.7 Å². The first kappa shape index (κ1) is 15.1. The van der Waals surface area contributed by atoms with Gasteiger partial charge in [-0.15, -0.1) is 13.2 Å². The van der Waals surface area contributed by atoms with Crippen molar-refractivity contribution in [3.8, 4) is 17.5 Å². The molecule has 0 atom stereocenters. The Kier molecular flexibility index (Phi) is 4.32. The highest BCUT2D eigenvalue weighted by Gasteiger charge is 2.30. The van der Waals surface area contributed by atoms with Crippen molar-refractivity contribution in [2.75, 3.05) is 12.4 Å². The molecule has 0 saturated heterocycles. The largest absolute Gasteiger partial charge is 0.573 e. The number of aromatic nitrogens is 3. The van der Waals surface area contributed by atoms with E-state index in [9.17, 15) is 13.2 Å². The smallest absolute Gasteiger partial charge is 0.424 e. The van der Waals surface area contributed by atoms with Gasteiger partial charge in [0.2, 0.25) is 11.2 Å². The van der Waals surface area contributed by atoms with E-state index in [0.717, 1.165) is 12.1 Å². The zero-order valence-electron chi connectivity index (χ0n) is 10.5. The molecule has 0 spiro atoms. The van der Waals surface area contributed by atoms with Gasteiger partial charge in [0.1, 0.15) is 11.5 Å². The highest BCUT2D eigenvalue weighted by atomic mass is 35.5. The molecule has 0 bridgehead atoms. The lowest BCUT2D eigenvalue weighted by Crippen LogP contribution is -2.16. The Balaban J connectivity index is 2.11. The molecule has 1 heterocycles. The lowest BCUT2D eigenvalue weighted by molar-refractivity contribution is -0.274. The van der Waals surface area contributed by atoms with E-state index in [1.807, 2.05) is 0 Å². The van der Waals surface area contributed by atoms with E-state index < -0.39 is 6.36 Å². The maximum absolute atomic E-state index is 12.0. The zero-order valence-corrected chi connectivity index (χ0v) is 11.2. The minimum atomic E-state index is -4.74. The third-order valence-electron chi connectivity index (χ3n) is 2.08. The van der Waals surface area contributed by atoms with Gasteiger partial charge in [0.05, 0.1) is 0 Å². The summed E-state index contributed by atoms with van der Waals surface area (Å²) >= 11 is 5.67. The molecular formula is C11H8ClF3N4O2. The molecular weight excluding hydrogens is 313 g/mol. The lowest BCUT2D eigenvalue weighted by atomic mass is 10.3. The van der Waals surface area contributed by atoms with Gasteiger partial charge in [-0.2, -0.15) is 15.0 Å². The molecule has 10 heteroatoms. The maximum Gasteiger partial charge on any atom is 0.573 e. The molecule has 0 fully saturated rings. The molecule has 2 aromatic rings. The summed E-state index contributed by atoms with van der Waals surface area (Å²) in [7, 11) is 1.58. The van der Waals surface area contributed by atoms with Crippen LogP contribution in [0.5, 0.6) is 17.5 Å². The molecule has 0 radical (unpaired) electrons. The van der Waals surface area contributed by atoms with Crippen LogP contribution in [0.2, 0.25) is 5.28 Å². The number of rotatable bonds is 4. The van der Waals surface area contributed by atoms with Crippen LogP contribution in [-0.4, -0.2) is 28.4 Å². The van der Waals surface area contributed by atoms with Gasteiger partial charge in [-0.1, -0.05) is 0 Å². The molecule has 0 aliphatic rings. The highest BCUT2D eigenvalue weighted by Crippen LogP contribution is 2.26. The monoisotopic (exact) mass is 320 g/mol. The Hall–Kier alpha value is -2.29. The van der Waals surface area contributed by atoms with Crippen LogP contribution in [0.3, 0.4) is 0 Å². The van der Waals surface area contributed by atoms with Gasteiger partial charge in [-0.05, 0) is 35.9 Å². The number of hydrogen-bond donors (Lipinski definition) is 1. The van der Waals surface area contributed by atoms with Crippen molar-refractivity contribution in [2.24, 2.45) is 0 Å². The number of anilines is 1. The highest BCUT2D eigenvalue weighted by molar-refractivity contribution is 6.28. The minimum Gasteiger partial charge on any atom is -0.424 e. The fourth-order valence-electron chi connectivity index (χ4n) is 1.30. The number of alkyl halides is 3. The average Bonchev–Trinajstić information content (AvgIpc) is 2.38. The van der Waals surface area contributed by atoms with Crippen molar-refractivity contribution in [3.63, 3.8) is 0 Å². The van der Waals surface area contributed by atoms with Crippen molar-refractivity contribution in [1.82, 2.24) is 15.0 Å². The van der Waals surface area contributed by atoms with Crippen molar-refractivity contribution < 1.29 is 22.6 Å². The van der Waals surface area contributed by atoms with E-state index in [2.05, 4.69) is 25.0 Å². The number of ether oxygens (including phenoxy) is 2. The normalized spacial score (nSPS) is 11.1. The van der Waals surface area contributed by atoms with Crippen LogP contribution in [0.1, 0.15) is 0 Å². The van der Waals surface area contributed by atoms with Crippen LogP contribution in [0.4, 0.5) is 19.1 Å². The van der Waals surface area contributed by atoms with Gasteiger partial charge in [0.25, 0.3) is 0 Å². The summed E-state index contributed by atoms with van der Waals surface area (Å²) in [6.07, 6.45) is -4.74. The Morgan fingerprint density at radius 3 is 2.24 bits per heavy atom. The summed E-state index contributed by atoms with van der Waals surface area (Å²) in [6, 6.07) is 4.66. The molecule has 6 nitrogen and oxygen atoms in total. The van der Waals surface area contributed by atoms with Gasteiger partial charge in [0.15, 0.2) is 0 Å². The van der Waals surface area contributed by atoms with Crippen LogP contribution in [-0.2, 0) is 0 Å². The van der Waals surface area contributed by atoms with Crippen molar-refractivity contribution in [3.05, 3.63) is 29.5 Å². The van der Waals surface area contributed by atoms with Gasteiger partial charge in [0, 0.05) is 7.05 Å². The molecule has 0 aliphatic carbocycles. The second-order valence-electron chi connectivity index (χ2n) is 3.58. The zero-order chi connectivity index (χ0) is 15.5. The second kappa shape index (κ2) is 6.00. The first-order valence-corrected chi connectivity index (χ1v) is 5.86. The summed E-state index contributed by atoms with van der Waals surface area (Å²) in [4.78, 5) is 11.4. The number of benzene rings is 1. The standard InChI is InChI=1S/C11H8ClF3N4O2/c1-16-9-17-8(12)18-10(19-9)20-6-2-4-7(5-3-6)21-11(13,14)15/h2-5H,1H3,(H,16,17,18,19). The molecule has 112 valence electrons. The van der Waals surface area contributed by atoms with Gasteiger partial charge in [-0.25, -0.2) is 0 Å². The molecule has 21 heavy (non-hydrogen) atoms. The number of nitrogens with one attached hydrogen (secondary N) is 1. The topological polar surface area (TPSA) is 69.2 Å². The minimum absolute atomic E-state index is 0.0821. The van der Waals surface area contributed by atoms with Crippen LogP contribution >= 0.6 is 11.6 Å². The summed E-state index contributed by atoms with van der Waals surface area (Å²) in [5, 5.41) is 2.58. The third-order valence-corrected chi connectivity index (χ3v) is 2.25. The van der Waals surface area contributed by atoms with Crippen LogP contribution in [0.25, 0.3) is 0 Å². The Morgan fingerprint density at radius 1 is 1.05 bits per heavy atom. The molecule has 0 saturated carbocycles. The first-order valence-electron chi connectivity index (χ1n) is 5.49. The SMILES string of the molecule is CNc1nc(Cl)nc(Oc2ccc(OC(F)(F)F)cc2)n1. The van der Waals surface area contributed by atoms with Crippen molar-refractivity contribution in [1.29, 1.82) is 0 Å². The maximum atomic E-state index is 12.0. The van der Waals surface area contributed by atoms with Crippen LogP contribution in [0.15, 0.2) is 24.3 Å². The second-order valence-corrected chi connectivity index (χ2v) is 3.92. The molecule has 1 N–H and O–H groups in total. The van der Waals surface area contributed by atoms with E-state index >= 15 is 0 Å². The summed E-state index contributed by atoms with van der Waals surface area (Å²) in [5.41, 5.74) is 0. The molecule has 1 aromatic carbocycles. The Labute approximate surface area is 121 Å². The van der Waals surface area contributed by atoms with Gasteiger partial charge < -0.3 is 14.8 Å². The van der Waals surface area contributed by atoms with E-state index in [4.69, 9.17) is 16.3 Å². The molecule has 1 aromatic heterocycles. The van der Waals surface area contributed by atoms with Crippen LogP contribution in [0, 0.1) is 0 Å². The molecule has 2 rings (SSSR count). The van der Waals surface area contributed by atoms with Crippen molar-refractivity contribution >= 4 is 17.5 Å². The average molecular weight is 321 g/mol. The predicted molar refractivity (Wildman–Crippen MR) is 67.6 cm³/mol. The van der Waals surface area contributed by atoms with Gasteiger partial charge >= 0.3 is 12.4 Å². The fraction of sp³-hybridized carbons (Fsp3) is 0.182. The van der Waals surface area contributed by atoms with Crippen molar-refractivity contribution in [2.45, 2.75) is 6.36 Å². The third kappa shape index (κ3) is 4.63. The lowest BCUT2D eigenvalue weighted by Gasteiger charge is -2.09. The molecule has 0 unspecified atom stereocenters. The van der Waals surface area contributed by atoms with E-state index in [0.29, 0.717) is 0 Å². The summed E-state index contributed by atoms with van der Waals surface area (Å²) < 4.78 is 45.0. The van der Waals surface area contributed by atoms with E-state index in [1.165, 1.54) is 12.1 Å². The number of nitrogens with zero attached hydrogens (tertiary/aromatic N) is 3. The Morgan fingerprint density at radius 2 is 1.67 bits per heavy atom. The first-order chi connectivity index (χ1) is 9.85. The summed E-state index contributed by atoms with van der Waals surface area (Å²) in [5.74, 6) is 0.0512. The van der Waals surface area contributed by atoms with Crippen LogP contribution < -0.4 is 14.8 Å². The Bertz CT molecular complexity index is 622. The fourth-order valence-corrected chi connectivity index (χ4v) is 1.46. The predicted octanol–water partition coefficient (Wildman–Crippen LogP) is 3.26. The molecule has 0 aliphatic heterocycles. The molecule has 0 amide bonds. The van der Waals surface area contributed by atoms with Gasteiger partial charge in [-0.3, -0.25) is 0 Å².